The highest BCUT2D eigenvalue weighted by Gasteiger charge is 2.12. The lowest BCUT2D eigenvalue weighted by Crippen LogP contribution is -2.10. The third kappa shape index (κ3) is 2.79. The summed E-state index contributed by atoms with van der Waals surface area (Å²) in [4.78, 5) is 23.7. The lowest BCUT2D eigenvalue weighted by Gasteiger charge is -2.06. The van der Waals surface area contributed by atoms with Crippen molar-refractivity contribution in [2.75, 3.05) is 5.73 Å². The second-order valence-electron chi connectivity index (χ2n) is 3.64. The fraction of sp³-hybridized carbons (Fsp3) is 0.167. The molecule has 92 valence electrons. The normalized spacial score (nSPS) is 10.1. The van der Waals surface area contributed by atoms with Crippen LogP contribution in [-0.4, -0.2) is 20.9 Å². The summed E-state index contributed by atoms with van der Waals surface area (Å²) in [6.07, 6.45) is 4.67. The predicted molar refractivity (Wildman–Crippen MR) is 64.5 cm³/mol. The lowest BCUT2D eigenvalue weighted by atomic mass is 10.2. The largest absolute Gasteiger partial charge is 0.454 e. The number of nitrogens with two attached hydrogens (primary N) is 1. The second-order valence-corrected chi connectivity index (χ2v) is 3.64. The molecule has 0 saturated carbocycles. The topological polar surface area (TPSA) is 91.0 Å². The van der Waals surface area contributed by atoms with Crippen molar-refractivity contribution in [1.82, 2.24) is 15.0 Å². The minimum atomic E-state index is -0.486. The highest BCUT2D eigenvalue weighted by atomic mass is 16.5. The van der Waals surface area contributed by atoms with E-state index >= 15 is 0 Å². The van der Waals surface area contributed by atoms with E-state index in [-0.39, 0.29) is 6.61 Å². The van der Waals surface area contributed by atoms with E-state index in [1.807, 2.05) is 0 Å². The second kappa shape index (κ2) is 5.22. The molecule has 6 heteroatoms. The summed E-state index contributed by atoms with van der Waals surface area (Å²) in [5.74, 6) is -0.0416. The van der Waals surface area contributed by atoms with E-state index in [9.17, 15) is 4.79 Å². The molecule has 0 saturated heterocycles. The molecule has 18 heavy (non-hydrogen) atoms. The fourth-order valence-electron chi connectivity index (χ4n) is 1.37. The molecule has 0 radical (unpaired) electrons. The molecule has 0 atom stereocenters. The molecule has 2 aromatic heterocycles. The Morgan fingerprint density at radius 3 is 2.78 bits per heavy atom. The molecule has 0 aliphatic heterocycles. The molecule has 0 bridgehead atoms. The zero-order valence-electron chi connectivity index (χ0n) is 9.83. The number of hydrogen-bond donors (Lipinski definition) is 1. The summed E-state index contributed by atoms with van der Waals surface area (Å²) in [6.45, 7) is 1.74. The van der Waals surface area contributed by atoms with Gasteiger partial charge in [0.15, 0.2) is 12.4 Å². The van der Waals surface area contributed by atoms with Crippen LogP contribution in [0.2, 0.25) is 0 Å². The van der Waals surface area contributed by atoms with Gasteiger partial charge in [-0.3, -0.25) is 4.98 Å². The highest BCUT2D eigenvalue weighted by Crippen LogP contribution is 2.11. The predicted octanol–water partition coefficient (Wildman–Crippen LogP) is 1.12. The molecule has 0 fully saturated rings. The van der Waals surface area contributed by atoms with Gasteiger partial charge in [-0.15, -0.1) is 0 Å². The van der Waals surface area contributed by atoms with Crippen molar-refractivity contribution in [3.63, 3.8) is 0 Å². The Kier molecular flexibility index (Phi) is 3.47. The smallest absolute Gasteiger partial charge is 0.340 e. The number of pyridine rings is 1. The van der Waals surface area contributed by atoms with Crippen molar-refractivity contribution in [3.8, 4) is 0 Å². The van der Waals surface area contributed by atoms with Crippen LogP contribution in [0, 0.1) is 6.92 Å². The molecule has 2 rings (SSSR count). The molecule has 2 N–H and O–H groups in total. The number of nitrogens with zero attached hydrogens (tertiary/aromatic N) is 3. The first kappa shape index (κ1) is 12.0. The molecule has 2 aromatic rings. The Hall–Kier alpha value is -2.50. The highest BCUT2D eigenvalue weighted by molar-refractivity contribution is 5.91. The van der Waals surface area contributed by atoms with Crippen molar-refractivity contribution in [1.29, 1.82) is 0 Å². The Morgan fingerprint density at radius 1 is 1.33 bits per heavy atom. The fourth-order valence-corrected chi connectivity index (χ4v) is 1.37. The molecule has 0 spiro atoms. The van der Waals surface area contributed by atoms with Crippen molar-refractivity contribution >= 4 is 11.7 Å². The maximum absolute atomic E-state index is 11.8. The summed E-state index contributed by atoms with van der Waals surface area (Å²) < 4.78 is 5.09. The van der Waals surface area contributed by atoms with Crippen LogP contribution in [0.25, 0.3) is 0 Å². The van der Waals surface area contributed by atoms with Gasteiger partial charge >= 0.3 is 5.97 Å². The number of anilines is 1. The average molecular weight is 244 g/mol. The van der Waals surface area contributed by atoms with Crippen LogP contribution in [0.4, 0.5) is 5.69 Å². The first-order valence-corrected chi connectivity index (χ1v) is 5.32. The number of ether oxygens (including phenoxy) is 1. The van der Waals surface area contributed by atoms with E-state index < -0.39 is 5.97 Å². The van der Waals surface area contributed by atoms with Gasteiger partial charge in [0.1, 0.15) is 0 Å². The minimum Gasteiger partial charge on any atom is -0.454 e. The number of hydrogen-bond acceptors (Lipinski definition) is 6. The van der Waals surface area contributed by atoms with Gasteiger partial charge in [-0.25, -0.2) is 14.8 Å². The first-order valence-electron chi connectivity index (χ1n) is 5.32. The van der Waals surface area contributed by atoms with Crippen LogP contribution in [0.15, 0.2) is 30.7 Å². The van der Waals surface area contributed by atoms with Crippen molar-refractivity contribution in [2.24, 2.45) is 0 Å². The number of nitrogen functional groups attached to an aromatic ring is 1. The van der Waals surface area contributed by atoms with E-state index in [0.717, 1.165) is 0 Å². The maximum atomic E-state index is 11.8. The molecule has 2 heterocycles. The van der Waals surface area contributed by atoms with Crippen molar-refractivity contribution in [3.05, 3.63) is 47.8 Å². The van der Waals surface area contributed by atoms with Gasteiger partial charge in [-0.1, -0.05) is 0 Å². The van der Waals surface area contributed by atoms with Gasteiger partial charge < -0.3 is 10.5 Å². The third-order valence-electron chi connectivity index (χ3n) is 2.28. The Bertz CT molecular complexity index is 557. The van der Waals surface area contributed by atoms with E-state index in [2.05, 4.69) is 15.0 Å². The average Bonchev–Trinajstić information content (AvgIpc) is 2.40. The van der Waals surface area contributed by atoms with Crippen LogP contribution < -0.4 is 5.73 Å². The number of carbonyl (C=O) groups is 1. The van der Waals surface area contributed by atoms with Gasteiger partial charge in [-0.2, -0.15) is 0 Å². The lowest BCUT2D eigenvalue weighted by molar-refractivity contribution is 0.0461. The molecule has 0 unspecified atom stereocenters. The molecular formula is C12H12N4O2. The standard InChI is InChI=1S/C12H12N4O2/c1-8-10(5-9(13)6-16-8)12(17)18-7-11-14-3-2-4-15-11/h2-6H,7,13H2,1H3. The van der Waals surface area contributed by atoms with Crippen LogP contribution >= 0.6 is 0 Å². The van der Waals surface area contributed by atoms with Crippen LogP contribution in [-0.2, 0) is 11.3 Å². The first-order chi connectivity index (χ1) is 8.66. The van der Waals surface area contributed by atoms with E-state index in [0.29, 0.717) is 22.8 Å². The van der Waals surface area contributed by atoms with Gasteiger partial charge in [-0.05, 0) is 19.1 Å². The van der Waals surface area contributed by atoms with Crippen molar-refractivity contribution < 1.29 is 9.53 Å². The summed E-state index contributed by atoms with van der Waals surface area (Å²) in [5, 5.41) is 0. The van der Waals surface area contributed by atoms with Gasteiger partial charge in [0.25, 0.3) is 0 Å². The van der Waals surface area contributed by atoms with Crippen molar-refractivity contribution in [2.45, 2.75) is 13.5 Å². The summed E-state index contributed by atoms with van der Waals surface area (Å²) in [5.41, 5.74) is 6.92. The molecule has 6 nitrogen and oxygen atoms in total. The summed E-state index contributed by atoms with van der Waals surface area (Å²) in [7, 11) is 0. The van der Waals surface area contributed by atoms with Gasteiger partial charge in [0, 0.05) is 12.4 Å². The molecule has 0 aliphatic carbocycles. The Morgan fingerprint density at radius 2 is 2.06 bits per heavy atom. The molecule has 0 aliphatic rings. The Balaban J connectivity index is 2.06. The SMILES string of the molecule is Cc1ncc(N)cc1C(=O)OCc1ncccn1. The van der Waals surface area contributed by atoms with Gasteiger partial charge in [0.05, 0.1) is 23.1 Å². The zero-order valence-corrected chi connectivity index (χ0v) is 9.83. The van der Waals surface area contributed by atoms with E-state index in [1.54, 1.807) is 25.4 Å². The summed E-state index contributed by atoms with van der Waals surface area (Å²) in [6, 6.07) is 3.23. The summed E-state index contributed by atoms with van der Waals surface area (Å²) >= 11 is 0. The number of aromatic nitrogens is 3. The number of aryl methyl sites for hydroxylation is 1. The Labute approximate surface area is 104 Å². The van der Waals surface area contributed by atoms with Crippen LogP contribution in [0.5, 0.6) is 0 Å². The minimum absolute atomic E-state index is 0.0217. The third-order valence-corrected chi connectivity index (χ3v) is 2.28. The monoisotopic (exact) mass is 244 g/mol. The molecule has 0 amide bonds. The van der Waals surface area contributed by atoms with Crippen LogP contribution in [0.1, 0.15) is 21.9 Å². The quantitative estimate of drug-likeness (QED) is 0.813. The van der Waals surface area contributed by atoms with E-state index in [4.69, 9.17) is 10.5 Å². The number of rotatable bonds is 3. The number of carbonyl (C=O) groups excluding carboxylic acids is 1. The van der Waals surface area contributed by atoms with Crippen LogP contribution in [0.3, 0.4) is 0 Å². The maximum Gasteiger partial charge on any atom is 0.340 e. The zero-order chi connectivity index (χ0) is 13.0. The molecular weight excluding hydrogens is 232 g/mol. The number of esters is 1. The molecule has 0 aromatic carbocycles. The van der Waals surface area contributed by atoms with E-state index in [1.165, 1.54) is 12.3 Å². The van der Waals surface area contributed by atoms with Gasteiger partial charge in [0.2, 0.25) is 0 Å².